The van der Waals surface area contributed by atoms with Crippen molar-refractivity contribution in [3.8, 4) is 0 Å². The molecule has 1 rings (SSSR count). The lowest BCUT2D eigenvalue weighted by molar-refractivity contribution is -0.127. The third-order valence-corrected chi connectivity index (χ3v) is 3.74. The Bertz CT molecular complexity index is 242. The third kappa shape index (κ3) is 6.05. The van der Waals surface area contributed by atoms with Gasteiger partial charge in [0, 0.05) is 12.0 Å². The van der Waals surface area contributed by atoms with Crippen LogP contribution in [0.15, 0.2) is 0 Å². The van der Waals surface area contributed by atoms with Crippen LogP contribution in [-0.4, -0.2) is 25.0 Å². The molecule has 0 aromatic rings. The zero-order valence-corrected chi connectivity index (χ0v) is 13.0. The van der Waals surface area contributed by atoms with Gasteiger partial charge in [-0.2, -0.15) is 0 Å². The van der Waals surface area contributed by atoms with Crippen LogP contribution in [0.5, 0.6) is 0 Å². The lowest BCUT2D eigenvalue weighted by Gasteiger charge is -2.32. The van der Waals surface area contributed by atoms with Gasteiger partial charge in [0.25, 0.3) is 0 Å². The summed E-state index contributed by atoms with van der Waals surface area (Å²) >= 11 is 0. The minimum atomic E-state index is 0. The Morgan fingerprint density at radius 2 is 1.83 bits per heavy atom. The Labute approximate surface area is 118 Å². The van der Waals surface area contributed by atoms with Crippen LogP contribution in [0.2, 0.25) is 0 Å². The number of carbonyl (C=O) groups excluding carboxylic acids is 1. The summed E-state index contributed by atoms with van der Waals surface area (Å²) in [5.41, 5.74) is 0. The Balaban J connectivity index is 0.00000289. The Kier molecular flexibility index (Phi) is 8.62. The van der Waals surface area contributed by atoms with Crippen molar-refractivity contribution in [3.05, 3.63) is 0 Å². The zero-order valence-electron chi connectivity index (χ0n) is 12.2. The number of carbonyl (C=O) groups is 1. The van der Waals surface area contributed by atoms with Gasteiger partial charge in [-0.15, -0.1) is 12.4 Å². The molecule has 108 valence electrons. The normalized spacial score (nSPS) is 18.7. The van der Waals surface area contributed by atoms with E-state index >= 15 is 0 Å². The number of amides is 1. The van der Waals surface area contributed by atoms with E-state index in [-0.39, 0.29) is 24.2 Å². The molecule has 2 unspecified atom stereocenters. The van der Waals surface area contributed by atoms with E-state index in [0.717, 1.165) is 25.4 Å². The summed E-state index contributed by atoms with van der Waals surface area (Å²) in [5, 5.41) is 6.35. The number of halogens is 1. The van der Waals surface area contributed by atoms with Crippen LogP contribution >= 0.6 is 12.4 Å². The highest BCUT2D eigenvalue weighted by atomic mass is 35.5. The molecule has 3 nitrogen and oxygen atoms in total. The molecule has 18 heavy (non-hydrogen) atoms. The van der Waals surface area contributed by atoms with E-state index < -0.39 is 0 Å². The molecule has 1 heterocycles. The van der Waals surface area contributed by atoms with Gasteiger partial charge in [0.2, 0.25) is 5.91 Å². The van der Waals surface area contributed by atoms with Gasteiger partial charge in [0.15, 0.2) is 0 Å². The highest BCUT2D eigenvalue weighted by Crippen LogP contribution is 2.16. The molecule has 1 aliphatic heterocycles. The first-order valence-corrected chi connectivity index (χ1v) is 7.01. The van der Waals surface area contributed by atoms with Crippen molar-refractivity contribution in [2.24, 2.45) is 17.8 Å². The summed E-state index contributed by atoms with van der Waals surface area (Å²) in [6.07, 6.45) is 3.56. The molecule has 2 N–H and O–H groups in total. The van der Waals surface area contributed by atoms with Gasteiger partial charge in [0.1, 0.15) is 0 Å². The smallest absolute Gasteiger partial charge is 0.223 e. The highest BCUT2D eigenvalue weighted by Gasteiger charge is 2.28. The van der Waals surface area contributed by atoms with Gasteiger partial charge in [0.05, 0.1) is 0 Å². The van der Waals surface area contributed by atoms with E-state index in [1.54, 1.807) is 0 Å². The zero-order chi connectivity index (χ0) is 12.8. The third-order valence-electron chi connectivity index (χ3n) is 3.74. The standard InChI is InChI=1S/C14H28N2O.ClH/c1-10(2)6-5-7-11(3)16-14(17)12(4)13-8-15-9-13;/h10-13,15H,5-9H2,1-4H3,(H,16,17);1H. The van der Waals surface area contributed by atoms with Gasteiger partial charge in [-0.3, -0.25) is 4.79 Å². The topological polar surface area (TPSA) is 41.1 Å². The Hall–Kier alpha value is -0.280. The fraction of sp³-hybridized carbons (Fsp3) is 0.929. The average Bonchev–Trinajstić information content (AvgIpc) is 2.13. The molecule has 0 bridgehead atoms. The maximum absolute atomic E-state index is 11.9. The second kappa shape index (κ2) is 8.76. The number of rotatable bonds is 7. The fourth-order valence-electron chi connectivity index (χ4n) is 2.16. The summed E-state index contributed by atoms with van der Waals surface area (Å²) in [6.45, 7) is 10.6. The second-order valence-electron chi connectivity index (χ2n) is 5.94. The van der Waals surface area contributed by atoms with Gasteiger partial charge in [-0.1, -0.05) is 33.6 Å². The van der Waals surface area contributed by atoms with Gasteiger partial charge >= 0.3 is 0 Å². The number of hydrogen-bond donors (Lipinski definition) is 2. The summed E-state index contributed by atoms with van der Waals surface area (Å²) in [6, 6.07) is 0.316. The van der Waals surface area contributed by atoms with Crippen LogP contribution in [0.4, 0.5) is 0 Å². The molecule has 1 amide bonds. The van der Waals surface area contributed by atoms with E-state index in [1.807, 2.05) is 6.92 Å². The minimum Gasteiger partial charge on any atom is -0.353 e. The maximum atomic E-state index is 11.9. The van der Waals surface area contributed by atoms with E-state index in [4.69, 9.17) is 0 Å². The molecule has 0 aromatic heterocycles. The van der Waals surface area contributed by atoms with Crippen LogP contribution in [-0.2, 0) is 4.79 Å². The van der Waals surface area contributed by atoms with Crippen molar-refractivity contribution in [2.45, 2.75) is 53.0 Å². The highest BCUT2D eigenvalue weighted by molar-refractivity contribution is 5.85. The van der Waals surface area contributed by atoms with Crippen molar-refractivity contribution in [3.63, 3.8) is 0 Å². The van der Waals surface area contributed by atoms with Crippen molar-refractivity contribution < 1.29 is 4.79 Å². The van der Waals surface area contributed by atoms with Gasteiger partial charge in [-0.05, 0) is 38.3 Å². The lowest BCUT2D eigenvalue weighted by Crippen LogP contribution is -2.50. The largest absolute Gasteiger partial charge is 0.353 e. The second-order valence-corrected chi connectivity index (χ2v) is 5.94. The Morgan fingerprint density at radius 1 is 1.22 bits per heavy atom. The van der Waals surface area contributed by atoms with Crippen molar-refractivity contribution in [1.29, 1.82) is 0 Å². The summed E-state index contributed by atoms with van der Waals surface area (Å²) in [5.74, 6) is 1.69. The molecular weight excluding hydrogens is 248 g/mol. The molecule has 1 saturated heterocycles. The first-order valence-electron chi connectivity index (χ1n) is 7.01. The van der Waals surface area contributed by atoms with Crippen LogP contribution in [0.25, 0.3) is 0 Å². The quantitative estimate of drug-likeness (QED) is 0.750. The van der Waals surface area contributed by atoms with Gasteiger partial charge < -0.3 is 10.6 Å². The minimum absolute atomic E-state index is 0. The van der Waals surface area contributed by atoms with Crippen molar-refractivity contribution in [2.75, 3.05) is 13.1 Å². The lowest BCUT2D eigenvalue weighted by atomic mass is 9.88. The van der Waals surface area contributed by atoms with Crippen LogP contribution in [0, 0.1) is 17.8 Å². The summed E-state index contributed by atoms with van der Waals surface area (Å²) < 4.78 is 0. The fourth-order valence-corrected chi connectivity index (χ4v) is 2.16. The summed E-state index contributed by atoms with van der Waals surface area (Å²) in [4.78, 5) is 11.9. The number of nitrogens with one attached hydrogen (secondary N) is 2. The molecule has 0 spiro atoms. The molecule has 0 aliphatic carbocycles. The molecule has 0 radical (unpaired) electrons. The van der Waals surface area contributed by atoms with Crippen molar-refractivity contribution in [1.82, 2.24) is 10.6 Å². The van der Waals surface area contributed by atoms with Crippen LogP contribution < -0.4 is 10.6 Å². The molecule has 1 aliphatic rings. The van der Waals surface area contributed by atoms with Crippen LogP contribution in [0.3, 0.4) is 0 Å². The average molecular weight is 277 g/mol. The van der Waals surface area contributed by atoms with Crippen molar-refractivity contribution >= 4 is 18.3 Å². The van der Waals surface area contributed by atoms with Crippen LogP contribution in [0.1, 0.15) is 47.0 Å². The Morgan fingerprint density at radius 3 is 2.28 bits per heavy atom. The molecular formula is C14H29ClN2O. The van der Waals surface area contributed by atoms with Gasteiger partial charge in [-0.25, -0.2) is 0 Å². The molecule has 4 heteroatoms. The monoisotopic (exact) mass is 276 g/mol. The molecule has 0 aromatic carbocycles. The van der Waals surface area contributed by atoms with E-state index in [1.165, 1.54) is 12.8 Å². The predicted octanol–water partition coefficient (Wildman–Crippen LogP) is 2.59. The molecule has 1 fully saturated rings. The van der Waals surface area contributed by atoms with E-state index in [2.05, 4.69) is 31.4 Å². The number of hydrogen-bond acceptors (Lipinski definition) is 2. The predicted molar refractivity (Wildman–Crippen MR) is 79.1 cm³/mol. The first kappa shape index (κ1) is 17.7. The summed E-state index contributed by atoms with van der Waals surface area (Å²) in [7, 11) is 0. The first-order chi connectivity index (χ1) is 8.00. The molecule has 2 atom stereocenters. The SMILES string of the molecule is CC(C)CCCC(C)NC(=O)C(C)C1CNC1.Cl. The molecule has 0 saturated carbocycles. The van der Waals surface area contributed by atoms with E-state index in [0.29, 0.717) is 12.0 Å². The van der Waals surface area contributed by atoms with E-state index in [9.17, 15) is 4.79 Å². The maximum Gasteiger partial charge on any atom is 0.223 e.